The van der Waals surface area contributed by atoms with Gasteiger partial charge in [0.15, 0.2) is 16.6 Å². The number of benzene rings is 1. The van der Waals surface area contributed by atoms with E-state index < -0.39 is 10.9 Å². The molecule has 4 heteroatoms. The summed E-state index contributed by atoms with van der Waals surface area (Å²) in [4.78, 5) is 22.7. The Morgan fingerprint density at radius 2 is 1.50 bits per heavy atom. The highest BCUT2D eigenvalue weighted by molar-refractivity contribution is 5.68. The Bertz CT molecular complexity index is 841. The highest BCUT2D eigenvalue weighted by Crippen LogP contribution is 2.13. The number of fused-ring (bicyclic) bond motifs is 1. The van der Waals surface area contributed by atoms with Gasteiger partial charge in [0.25, 0.3) is 5.43 Å². The molecule has 0 radical (unpaired) electrons. The Hall–Kier alpha value is -2.36. The second kappa shape index (κ2) is 3.06. The zero-order valence-electron chi connectivity index (χ0n) is 8.10. The second-order valence-corrected chi connectivity index (χ2v) is 3.37. The van der Waals surface area contributed by atoms with Crippen molar-refractivity contribution in [3.8, 4) is 0 Å². The van der Waals surface area contributed by atoms with E-state index in [0.29, 0.717) is 11.2 Å². The molecule has 3 rings (SSSR count). The van der Waals surface area contributed by atoms with Gasteiger partial charge in [-0.15, -0.1) is 0 Å². The quantitative estimate of drug-likeness (QED) is 0.531. The lowest BCUT2D eigenvalue weighted by Crippen LogP contribution is -2.23. The summed E-state index contributed by atoms with van der Waals surface area (Å²) in [5.41, 5.74) is -0.0472. The molecule has 0 unspecified atom stereocenters. The van der Waals surface area contributed by atoms with Crippen LogP contribution < -0.4 is 10.9 Å². The third-order valence-electron chi connectivity index (χ3n) is 2.32. The molecule has 0 aromatic heterocycles. The molecule has 1 aromatic rings. The fraction of sp³-hybridized carbons (Fsp3) is 0. The van der Waals surface area contributed by atoms with Crippen LogP contribution in [0.15, 0.2) is 54.8 Å². The molecular weight excluding hydrogens is 208 g/mol. The summed E-state index contributed by atoms with van der Waals surface area (Å²) < 4.78 is 10.8. The molecule has 1 aliphatic carbocycles. The predicted octanol–water partition coefficient (Wildman–Crippen LogP) is 1.47. The van der Waals surface area contributed by atoms with Crippen molar-refractivity contribution >= 4 is 11.2 Å². The van der Waals surface area contributed by atoms with Gasteiger partial charge in [-0.2, -0.15) is 0 Å². The molecule has 0 saturated heterocycles. The van der Waals surface area contributed by atoms with Crippen LogP contribution in [0.1, 0.15) is 0 Å². The molecular formula is C12H6O4. The summed E-state index contributed by atoms with van der Waals surface area (Å²) in [6.45, 7) is 0. The van der Waals surface area contributed by atoms with E-state index in [2.05, 4.69) is 0 Å². The largest absolute Gasteiger partial charge is 0.449 e. The van der Waals surface area contributed by atoms with Gasteiger partial charge >= 0.3 is 0 Å². The van der Waals surface area contributed by atoms with Crippen LogP contribution in [-0.4, -0.2) is 0 Å². The van der Waals surface area contributed by atoms with Crippen molar-refractivity contribution in [2.75, 3.05) is 0 Å². The van der Waals surface area contributed by atoms with Crippen LogP contribution in [0.5, 0.6) is 0 Å². The van der Waals surface area contributed by atoms with Gasteiger partial charge in [-0.3, -0.25) is 9.59 Å². The molecule has 0 atom stereocenters. The zero-order valence-corrected chi connectivity index (χ0v) is 8.10. The first-order chi connectivity index (χ1) is 7.75. The van der Waals surface area contributed by atoms with Crippen LogP contribution in [-0.2, 0) is 0 Å². The summed E-state index contributed by atoms with van der Waals surface area (Å²) in [5.74, 6) is 0. The van der Waals surface area contributed by atoms with Crippen LogP contribution in [0.3, 0.4) is 0 Å². The zero-order chi connectivity index (χ0) is 11.1. The lowest BCUT2D eigenvalue weighted by molar-refractivity contribution is 0.468. The van der Waals surface area contributed by atoms with Crippen molar-refractivity contribution in [2.24, 2.45) is 0 Å². The third kappa shape index (κ3) is 1.16. The van der Waals surface area contributed by atoms with Crippen LogP contribution in [0, 0.1) is 10.8 Å². The molecule has 1 aromatic carbocycles. The minimum absolute atomic E-state index is 0.0359. The first-order valence-corrected chi connectivity index (χ1v) is 4.71. The van der Waals surface area contributed by atoms with Gasteiger partial charge in [0.05, 0.1) is 0 Å². The molecule has 0 fully saturated rings. The van der Waals surface area contributed by atoms with E-state index in [1.165, 1.54) is 12.1 Å². The average molecular weight is 214 g/mol. The van der Waals surface area contributed by atoms with E-state index in [1.807, 2.05) is 0 Å². The molecule has 4 nitrogen and oxygen atoms in total. The summed E-state index contributed by atoms with van der Waals surface area (Å²) in [5, 5.41) is 0. The van der Waals surface area contributed by atoms with Crippen molar-refractivity contribution in [1.29, 1.82) is 0 Å². The molecule has 1 heterocycles. The smallest absolute Gasteiger partial charge is 0.271 e. The molecule has 78 valence electrons. The van der Waals surface area contributed by atoms with E-state index in [1.54, 1.807) is 24.3 Å². The predicted molar refractivity (Wildman–Crippen MR) is 56.3 cm³/mol. The first-order valence-electron chi connectivity index (χ1n) is 4.71. The lowest BCUT2D eigenvalue weighted by atomic mass is 10.3. The summed E-state index contributed by atoms with van der Waals surface area (Å²) >= 11 is 0. The van der Waals surface area contributed by atoms with Gasteiger partial charge in [0.1, 0.15) is 0 Å². The van der Waals surface area contributed by atoms with E-state index in [0.717, 1.165) is 0 Å². The first kappa shape index (κ1) is 8.91. The van der Waals surface area contributed by atoms with Crippen molar-refractivity contribution in [1.82, 2.24) is 0 Å². The number of hydrogen-bond donors (Lipinski definition) is 0. The topological polar surface area (TPSA) is 60.4 Å². The van der Waals surface area contributed by atoms with Gasteiger partial charge in [-0.25, -0.2) is 0 Å². The van der Waals surface area contributed by atoms with Gasteiger partial charge in [0, 0.05) is 0 Å². The molecule has 0 amide bonds. The van der Waals surface area contributed by atoms with Crippen molar-refractivity contribution < 1.29 is 8.83 Å². The van der Waals surface area contributed by atoms with Crippen molar-refractivity contribution in [3.63, 3.8) is 0 Å². The van der Waals surface area contributed by atoms with Crippen LogP contribution in [0.2, 0.25) is 0 Å². The molecule has 0 bridgehead atoms. The van der Waals surface area contributed by atoms with Gasteiger partial charge in [-0.1, -0.05) is 12.1 Å². The van der Waals surface area contributed by atoms with E-state index >= 15 is 0 Å². The van der Waals surface area contributed by atoms with Crippen LogP contribution in [0.4, 0.5) is 0 Å². The number of hydrogen-bond acceptors (Lipinski definition) is 4. The Labute approximate surface area is 88.4 Å². The Morgan fingerprint density at radius 3 is 2.25 bits per heavy atom. The van der Waals surface area contributed by atoms with E-state index in [9.17, 15) is 9.59 Å². The van der Waals surface area contributed by atoms with E-state index in [4.69, 9.17) is 8.83 Å². The fourth-order valence-corrected chi connectivity index (χ4v) is 1.55. The van der Waals surface area contributed by atoms with Gasteiger partial charge in [0.2, 0.25) is 10.8 Å². The van der Waals surface area contributed by atoms with E-state index in [-0.39, 0.29) is 10.8 Å². The molecule has 0 spiro atoms. The second-order valence-electron chi connectivity index (χ2n) is 3.37. The maximum atomic E-state index is 11.5. The molecule has 0 saturated carbocycles. The molecule has 2 aliphatic rings. The summed E-state index contributed by atoms with van der Waals surface area (Å²) in [7, 11) is 0. The SMILES string of the molecule is O=c1ccc2oc3ccccc3oc=2c1=O. The number of para-hydroxylation sites is 2. The maximum absolute atomic E-state index is 11.5. The third-order valence-corrected chi connectivity index (χ3v) is 2.32. The Balaban J connectivity index is 2.70. The van der Waals surface area contributed by atoms with Crippen molar-refractivity contribution in [2.45, 2.75) is 0 Å². The minimum atomic E-state index is -0.674. The molecule has 1 aliphatic heterocycles. The minimum Gasteiger partial charge on any atom is -0.449 e. The number of rotatable bonds is 0. The standard InChI is InChI=1S/C12H6O4/c13-7-5-6-10-12(11(7)14)16-9-4-2-1-3-8(9)15-10/h1-6H. The summed E-state index contributed by atoms with van der Waals surface area (Å²) in [6.07, 6.45) is 0. The van der Waals surface area contributed by atoms with Gasteiger partial charge in [-0.05, 0) is 24.3 Å². The maximum Gasteiger partial charge on any atom is 0.271 e. The summed E-state index contributed by atoms with van der Waals surface area (Å²) in [6, 6.07) is 9.59. The lowest BCUT2D eigenvalue weighted by Gasteiger charge is -1.96. The van der Waals surface area contributed by atoms with Crippen molar-refractivity contribution in [3.05, 3.63) is 67.7 Å². The van der Waals surface area contributed by atoms with Gasteiger partial charge < -0.3 is 8.83 Å². The Kier molecular flexibility index (Phi) is 1.71. The normalized spacial score (nSPS) is 11.0. The molecule has 0 N–H and O–H groups in total. The highest BCUT2D eigenvalue weighted by Gasteiger charge is 2.04. The fourth-order valence-electron chi connectivity index (χ4n) is 1.55. The average Bonchev–Trinajstić information content (AvgIpc) is 2.32. The highest BCUT2D eigenvalue weighted by atomic mass is 16.4. The van der Waals surface area contributed by atoms with Crippen LogP contribution in [0.25, 0.3) is 11.2 Å². The van der Waals surface area contributed by atoms with Crippen LogP contribution >= 0.6 is 0 Å². The monoisotopic (exact) mass is 214 g/mol. The molecule has 16 heavy (non-hydrogen) atoms. The Morgan fingerprint density at radius 1 is 0.812 bits per heavy atom.